The van der Waals surface area contributed by atoms with E-state index >= 15 is 0 Å². The second-order valence-electron chi connectivity index (χ2n) is 4.74. The number of nitrogen functional groups attached to an aromatic ring is 1. The Morgan fingerprint density at radius 1 is 1.09 bits per heavy atom. The van der Waals surface area contributed by atoms with Gasteiger partial charge in [0.1, 0.15) is 37.5 Å². The van der Waals surface area contributed by atoms with Gasteiger partial charge in [0.05, 0.1) is 7.11 Å². The Kier molecular flexibility index (Phi) is 5.94. The van der Waals surface area contributed by atoms with Gasteiger partial charge in [-0.15, -0.1) is 0 Å². The highest BCUT2D eigenvalue weighted by molar-refractivity contribution is 5.79. The van der Waals surface area contributed by atoms with E-state index in [-0.39, 0.29) is 34.0 Å². The molecule has 118 valence electrons. The summed E-state index contributed by atoms with van der Waals surface area (Å²) in [6.07, 6.45) is 0. The van der Waals surface area contributed by atoms with Crippen LogP contribution >= 0.6 is 0 Å². The second-order valence-corrected chi connectivity index (χ2v) is 4.74. The predicted molar refractivity (Wildman–Crippen MR) is 81.7 cm³/mol. The van der Waals surface area contributed by atoms with Crippen molar-refractivity contribution in [2.75, 3.05) is 26.9 Å². The van der Waals surface area contributed by atoms with Gasteiger partial charge in [-0.2, -0.15) is 10.5 Å². The zero-order chi connectivity index (χ0) is 16.3. The third kappa shape index (κ3) is 3.36. The van der Waals surface area contributed by atoms with E-state index in [4.69, 9.17) is 14.9 Å². The van der Waals surface area contributed by atoms with Gasteiger partial charge in [0.2, 0.25) is 5.88 Å². The van der Waals surface area contributed by atoms with Crippen molar-refractivity contribution >= 4 is 5.88 Å². The Bertz CT molecular complexity index is 867. The summed E-state index contributed by atoms with van der Waals surface area (Å²) in [5.74, 6) is 0.665. The fourth-order valence-corrected chi connectivity index (χ4v) is 2.14. The summed E-state index contributed by atoms with van der Waals surface area (Å²) in [5, 5.41) is 18.9. The van der Waals surface area contributed by atoms with Crippen LogP contribution in [0, 0.1) is 22.7 Å². The first-order chi connectivity index (χ1) is 10.5. The molecule has 7 heteroatoms. The fraction of sp³-hybridized carbons (Fsp3) is 0.188. The summed E-state index contributed by atoms with van der Waals surface area (Å²) >= 11 is 0. The van der Waals surface area contributed by atoms with E-state index in [1.54, 1.807) is 50.0 Å². The Labute approximate surface area is 144 Å². The Morgan fingerprint density at radius 2 is 1.65 bits per heavy atom. The number of benzene rings is 1. The molecule has 0 fully saturated rings. The van der Waals surface area contributed by atoms with Crippen LogP contribution in [0.3, 0.4) is 0 Å². The van der Waals surface area contributed by atoms with Gasteiger partial charge in [-0.1, -0.05) is 12.1 Å². The molecule has 0 saturated carbocycles. The van der Waals surface area contributed by atoms with Gasteiger partial charge in [-0.05, 0) is 17.7 Å². The van der Waals surface area contributed by atoms with Crippen LogP contribution in [-0.2, 0) is 0 Å². The minimum Gasteiger partial charge on any atom is -1.00 e. The minimum atomic E-state index is -0.0176. The van der Waals surface area contributed by atoms with Crippen LogP contribution in [0.4, 0.5) is 5.88 Å². The van der Waals surface area contributed by atoms with E-state index in [2.05, 4.69) is 6.07 Å². The van der Waals surface area contributed by atoms with Gasteiger partial charge in [0.15, 0.2) is 5.56 Å². The maximum absolute atomic E-state index is 9.51. The number of halogens is 1. The predicted octanol–water partition coefficient (Wildman–Crippen LogP) is -1.68. The van der Waals surface area contributed by atoms with Crippen LogP contribution in [0.15, 0.2) is 28.7 Å². The van der Waals surface area contributed by atoms with Crippen molar-refractivity contribution < 1.29 is 26.1 Å². The highest BCUT2D eigenvalue weighted by Crippen LogP contribution is 2.30. The van der Waals surface area contributed by atoms with Crippen LogP contribution in [0.1, 0.15) is 11.1 Å². The average molecular weight is 375 g/mol. The van der Waals surface area contributed by atoms with E-state index in [0.29, 0.717) is 22.4 Å². The Hall–Kier alpha value is -2.77. The molecule has 0 amide bonds. The lowest BCUT2D eigenvalue weighted by Crippen LogP contribution is -3.00. The number of ether oxygens (including phenoxy) is 1. The minimum absolute atomic E-state index is 0. The molecule has 0 saturated heterocycles. The quantitative estimate of drug-likeness (QED) is 0.632. The van der Waals surface area contributed by atoms with Crippen LogP contribution in [0.25, 0.3) is 11.1 Å². The largest absolute Gasteiger partial charge is 1.00 e. The molecule has 0 aliphatic carbocycles. The number of methoxy groups -OCH3 is 1. The molecule has 1 aromatic carbocycles. The van der Waals surface area contributed by atoms with Gasteiger partial charge in [0, 0.05) is 5.56 Å². The second kappa shape index (κ2) is 7.48. The standard InChI is InChI=1S/C16H14N4O2.BrH/c1-20(2)16-13(9-18)14(12(8-17)15(19)22-16)10-4-6-11(21-3)7-5-10;/h4-7,19H,1-3H3;1H. The first-order valence-corrected chi connectivity index (χ1v) is 6.45. The zero-order valence-electron chi connectivity index (χ0n) is 12.9. The SMILES string of the molecule is COc1ccc(-c2c(C#N)c(N)oc(=[N+](C)C)c2C#N)cc1.[Br-]. The fourth-order valence-electron chi connectivity index (χ4n) is 2.14. The molecule has 0 spiro atoms. The number of hydrogen-bond acceptors (Lipinski definition) is 5. The molecule has 0 radical (unpaired) electrons. The van der Waals surface area contributed by atoms with Crippen LogP contribution in [0.5, 0.6) is 5.75 Å². The summed E-state index contributed by atoms with van der Waals surface area (Å²) in [6, 6.07) is 11.2. The van der Waals surface area contributed by atoms with E-state index < -0.39 is 0 Å². The average Bonchev–Trinajstić information content (AvgIpc) is 2.53. The maximum Gasteiger partial charge on any atom is 0.387 e. The van der Waals surface area contributed by atoms with Crippen molar-refractivity contribution in [2.45, 2.75) is 0 Å². The molecule has 23 heavy (non-hydrogen) atoms. The van der Waals surface area contributed by atoms with Gasteiger partial charge in [0.25, 0.3) is 0 Å². The number of rotatable bonds is 2. The number of nitrogens with two attached hydrogens (primary N) is 1. The molecular weight excluding hydrogens is 360 g/mol. The molecule has 2 rings (SSSR count). The van der Waals surface area contributed by atoms with Crippen molar-refractivity contribution in [3.63, 3.8) is 0 Å². The number of anilines is 1. The Morgan fingerprint density at radius 3 is 2.09 bits per heavy atom. The van der Waals surface area contributed by atoms with Gasteiger partial charge in [-0.3, -0.25) is 0 Å². The van der Waals surface area contributed by atoms with Gasteiger partial charge >= 0.3 is 5.55 Å². The first kappa shape index (κ1) is 18.3. The summed E-state index contributed by atoms with van der Waals surface area (Å²) in [4.78, 5) is 0. The van der Waals surface area contributed by atoms with E-state index in [1.165, 1.54) is 0 Å². The molecule has 2 aromatic rings. The van der Waals surface area contributed by atoms with Crippen LogP contribution in [-0.4, -0.2) is 21.2 Å². The highest BCUT2D eigenvalue weighted by Gasteiger charge is 2.22. The third-order valence-electron chi connectivity index (χ3n) is 3.18. The molecule has 2 N–H and O–H groups in total. The monoisotopic (exact) mass is 374 g/mol. The first-order valence-electron chi connectivity index (χ1n) is 6.45. The zero-order valence-corrected chi connectivity index (χ0v) is 14.5. The smallest absolute Gasteiger partial charge is 0.387 e. The van der Waals surface area contributed by atoms with Crippen molar-refractivity contribution in [1.29, 1.82) is 10.5 Å². The maximum atomic E-state index is 9.51. The lowest BCUT2D eigenvalue weighted by Gasteiger charge is -2.08. The van der Waals surface area contributed by atoms with E-state index in [0.717, 1.165) is 0 Å². The molecule has 0 bridgehead atoms. The van der Waals surface area contributed by atoms with Crippen LogP contribution in [0.2, 0.25) is 0 Å². The molecule has 0 atom stereocenters. The van der Waals surface area contributed by atoms with Crippen molar-refractivity contribution in [1.82, 2.24) is 4.58 Å². The molecule has 1 heterocycles. The Balaban J connectivity index is 0.00000264. The topological polar surface area (TPSA) is 99.0 Å². The summed E-state index contributed by atoms with van der Waals surface area (Å²) in [7, 11) is 5.05. The molecule has 0 aliphatic heterocycles. The number of hydrogen-bond donors (Lipinski definition) is 1. The van der Waals surface area contributed by atoms with Gasteiger partial charge in [-0.25, -0.2) is 4.58 Å². The van der Waals surface area contributed by atoms with Crippen molar-refractivity contribution in [2.24, 2.45) is 0 Å². The summed E-state index contributed by atoms with van der Waals surface area (Å²) in [5.41, 5.74) is 7.71. The molecule has 0 aliphatic rings. The summed E-state index contributed by atoms with van der Waals surface area (Å²) < 4.78 is 12.2. The van der Waals surface area contributed by atoms with Gasteiger partial charge < -0.3 is 31.9 Å². The van der Waals surface area contributed by atoms with E-state index in [1.807, 2.05) is 6.07 Å². The van der Waals surface area contributed by atoms with E-state index in [9.17, 15) is 10.5 Å². The third-order valence-corrected chi connectivity index (χ3v) is 3.18. The number of nitrogens with zero attached hydrogens (tertiary/aromatic N) is 3. The highest BCUT2D eigenvalue weighted by atomic mass is 79.9. The normalized spacial score (nSPS) is 9.26. The van der Waals surface area contributed by atoms with Crippen molar-refractivity contribution in [3.8, 4) is 29.0 Å². The lowest BCUT2D eigenvalue weighted by molar-refractivity contribution is -0.00000588. The van der Waals surface area contributed by atoms with Crippen molar-refractivity contribution in [3.05, 3.63) is 40.9 Å². The molecule has 1 aromatic heterocycles. The molecular formula is C16H15BrN4O2. The lowest BCUT2D eigenvalue weighted by atomic mass is 9.97. The molecule has 0 unspecified atom stereocenters. The number of nitriles is 2. The van der Waals surface area contributed by atoms with Crippen LogP contribution < -0.4 is 37.6 Å². The molecule has 6 nitrogen and oxygen atoms in total. The summed E-state index contributed by atoms with van der Waals surface area (Å²) in [6.45, 7) is 0.